The second-order valence-electron chi connectivity index (χ2n) is 9.03. The molecule has 6 rings (SSSR count). The highest BCUT2D eigenvalue weighted by Crippen LogP contribution is 2.40. The summed E-state index contributed by atoms with van der Waals surface area (Å²) in [6.07, 6.45) is 0. The molecule has 2 aliphatic rings. The highest BCUT2D eigenvalue weighted by atomic mass is 19.1. The first-order chi connectivity index (χ1) is 17.9. The van der Waals surface area contributed by atoms with Gasteiger partial charge in [-0.15, -0.1) is 0 Å². The number of nitrogens with one attached hydrogen (secondary N) is 1. The summed E-state index contributed by atoms with van der Waals surface area (Å²) in [6, 6.07) is 16.3. The van der Waals surface area contributed by atoms with Gasteiger partial charge in [-0.25, -0.2) is 9.18 Å². The molecular weight excluding hydrogens is 475 g/mol. The Hall–Kier alpha value is -4.66. The van der Waals surface area contributed by atoms with Crippen LogP contribution in [0.2, 0.25) is 0 Å². The predicted molar refractivity (Wildman–Crippen MR) is 135 cm³/mol. The van der Waals surface area contributed by atoms with Crippen molar-refractivity contribution < 1.29 is 23.2 Å². The van der Waals surface area contributed by atoms with E-state index < -0.39 is 6.04 Å². The van der Waals surface area contributed by atoms with E-state index >= 15 is 0 Å². The highest BCUT2D eigenvalue weighted by Gasteiger charge is 2.36. The van der Waals surface area contributed by atoms with Gasteiger partial charge in [0.25, 0.3) is 5.89 Å². The summed E-state index contributed by atoms with van der Waals surface area (Å²) in [5, 5.41) is 7.24. The Morgan fingerprint density at radius 1 is 0.946 bits per heavy atom. The Labute approximate surface area is 212 Å². The zero-order valence-electron chi connectivity index (χ0n) is 20.4. The fourth-order valence-electron chi connectivity index (χ4n) is 4.59. The normalized spacial score (nSPS) is 16.8. The standard InChI is InChI=1S/C28H23FN4O4/c1-15-4-10-21(12-16(15)2)33-17(3)24(25(30-28(33)34)18-5-8-20(29)9-6-18)27-31-26(32-37-27)19-7-11-22-23(13-19)36-14-35-22/h4-13,25H,14H2,1-3H3,(H,30,34). The number of hydrogen-bond donors (Lipinski definition) is 1. The molecule has 0 saturated carbocycles. The molecule has 0 radical (unpaired) electrons. The molecule has 0 fully saturated rings. The van der Waals surface area contributed by atoms with Gasteiger partial charge in [-0.3, -0.25) is 4.90 Å². The third kappa shape index (κ3) is 3.98. The maximum atomic E-state index is 13.7. The Balaban J connectivity index is 1.47. The third-order valence-corrected chi connectivity index (χ3v) is 6.72. The average Bonchev–Trinajstić information content (AvgIpc) is 3.56. The molecule has 186 valence electrons. The zero-order valence-corrected chi connectivity index (χ0v) is 20.4. The van der Waals surface area contributed by atoms with Crippen LogP contribution in [-0.4, -0.2) is 23.0 Å². The zero-order chi connectivity index (χ0) is 25.7. The largest absolute Gasteiger partial charge is 0.454 e. The van der Waals surface area contributed by atoms with Crippen LogP contribution >= 0.6 is 0 Å². The van der Waals surface area contributed by atoms with Gasteiger partial charge in [0.2, 0.25) is 12.6 Å². The monoisotopic (exact) mass is 498 g/mol. The molecule has 2 amide bonds. The fourth-order valence-corrected chi connectivity index (χ4v) is 4.59. The number of halogens is 1. The molecule has 8 nitrogen and oxygen atoms in total. The molecule has 0 bridgehead atoms. The van der Waals surface area contributed by atoms with Crippen molar-refractivity contribution in [2.24, 2.45) is 0 Å². The maximum absolute atomic E-state index is 13.7. The number of nitrogens with zero attached hydrogens (tertiary/aromatic N) is 3. The molecule has 0 aliphatic carbocycles. The summed E-state index contributed by atoms with van der Waals surface area (Å²) in [5.74, 6) is 1.50. The molecule has 9 heteroatoms. The topological polar surface area (TPSA) is 89.7 Å². The summed E-state index contributed by atoms with van der Waals surface area (Å²) >= 11 is 0. The lowest BCUT2D eigenvalue weighted by Crippen LogP contribution is -2.46. The van der Waals surface area contributed by atoms with Gasteiger partial charge in [0.05, 0.1) is 17.3 Å². The lowest BCUT2D eigenvalue weighted by Gasteiger charge is -2.35. The first-order valence-electron chi connectivity index (χ1n) is 11.8. The minimum Gasteiger partial charge on any atom is -0.454 e. The van der Waals surface area contributed by atoms with Crippen LogP contribution in [0.4, 0.5) is 14.9 Å². The van der Waals surface area contributed by atoms with Crippen LogP contribution in [0.25, 0.3) is 17.0 Å². The Kier molecular flexibility index (Phi) is 5.40. The number of urea groups is 1. The van der Waals surface area contributed by atoms with Gasteiger partial charge in [0, 0.05) is 11.3 Å². The van der Waals surface area contributed by atoms with Crippen molar-refractivity contribution in [2.45, 2.75) is 26.8 Å². The van der Waals surface area contributed by atoms with Gasteiger partial charge in [0.1, 0.15) is 5.82 Å². The molecule has 0 saturated heterocycles. The van der Waals surface area contributed by atoms with Gasteiger partial charge in [-0.1, -0.05) is 23.4 Å². The summed E-state index contributed by atoms with van der Waals surface area (Å²) in [7, 11) is 0. The number of anilines is 1. The number of aromatic nitrogens is 2. The average molecular weight is 499 g/mol. The van der Waals surface area contributed by atoms with E-state index in [0.29, 0.717) is 45.4 Å². The number of aryl methyl sites for hydroxylation is 2. The lowest BCUT2D eigenvalue weighted by atomic mass is 9.94. The van der Waals surface area contributed by atoms with Crippen LogP contribution in [0, 0.1) is 19.7 Å². The first kappa shape index (κ1) is 22.8. The van der Waals surface area contributed by atoms with E-state index in [2.05, 4.69) is 15.5 Å². The van der Waals surface area contributed by atoms with Crippen molar-refractivity contribution in [1.82, 2.24) is 15.5 Å². The number of ether oxygens (including phenoxy) is 2. The van der Waals surface area contributed by atoms with E-state index in [1.807, 2.05) is 45.0 Å². The Morgan fingerprint density at radius 3 is 2.51 bits per heavy atom. The van der Waals surface area contributed by atoms with Crippen LogP contribution in [0.15, 0.2) is 70.9 Å². The van der Waals surface area contributed by atoms with Crippen LogP contribution in [-0.2, 0) is 0 Å². The molecule has 1 unspecified atom stereocenters. The van der Waals surface area contributed by atoms with Crippen molar-refractivity contribution in [1.29, 1.82) is 0 Å². The molecule has 37 heavy (non-hydrogen) atoms. The van der Waals surface area contributed by atoms with Crippen molar-refractivity contribution in [2.75, 3.05) is 11.7 Å². The summed E-state index contributed by atoms with van der Waals surface area (Å²) in [6.45, 7) is 6.02. The number of carbonyl (C=O) groups excluding carboxylic acids is 1. The molecule has 2 aliphatic heterocycles. The molecule has 0 spiro atoms. The third-order valence-electron chi connectivity index (χ3n) is 6.72. The molecule has 3 heterocycles. The van der Waals surface area contributed by atoms with E-state index in [0.717, 1.165) is 11.1 Å². The predicted octanol–water partition coefficient (Wildman–Crippen LogP) is 5.92. The summed E-state index contributed by atoms with van der Waals surface area (Å²) < 4.78 is 30.3. The van der Waals surface area contributed by atoms with Gasteiger partial charge < -0.3 is 19.3 Å². The quantitative estimate of drug-likeness (QED) is 0.376. The second-order valence-corrected chi connectivity index (χ2v) is 9.03. The van der Waals surface area contributed by atoms with Crippen LogP contribution in [0.5, 0.6) is 11.5 Å². The summed E-state index contributed by atoms with van der Waals surface area (Å²) in [4.78, 5) is 19.6. The first-order valence-corrected chi connectivity index (χ1v) is 11.8. The number of rotatable bonds is 4. The molecule has 1 atom stereocenters. The maximum Gasteiger partial charge on any atom is 0.326 e. The number of fused-ring (bicyclic) bond motifs is 1. The minimum absolute atomic E-state index is 0.162. The number of allylic oxidation sites excluding steroid dienone is 1. The van der Waals surface area contributed by atoms with E-state index in [1.54, 1.807) is 29.2 Å². The molecule has 1 N–H and O–H groups in total. The van der Waals surface area contributed by atoms with Crippen LogP contribution < -0.4 is 19.7 Å². The van der Waals surface area contributed by atoms with E-state index in [1.165, 1.54) is 12.1 Å². The number of benzene rings is 3. The van der Waals surface area contributed by atoms with Crippen molar-refractivity contribution >= 4 is 17.3 Å². The smallest absolute Gasteiger partial charge is 0.326 e. The van der Waals surface area contributed by atoms with Crippen LogP contribution in [0.1, 0.15) is 35.5 Å². The SMILES string of the molecule is CC1=C(c2nc(-c3ccc4c(c3)OCO4)no2)C(c2ccc(F)cc2)NC(=O)N1c1ccc(C)c(C)c1. The van der Waals surface area contributed by atoms with Crippen molar-refractivity contribution in [3.05, 3.63) is 94.8 Å². The number of hydrogen-bond acceptors (Lipinski definition) is 6. The number of amides is 2. The van der Waals surface area contributed by atoms with Crippen molar-refractivity contribution in [3.63, 3.8) is 0 Å². The number of carbonyl (C=O) groups is 1. The Bertz CT molecular complexity index is 1560. The van der Waals surface area contributed by atoms with Gasteiger partial charge in [-0.2, -0.15) is 4.98 Å². The van der Waals surface area contributed by atoms with Gasteiger partial charge in [-0.05, 0) is 79.9 Å². The molecule has 4 aromatic rings. The molecule has 3 aromatic carbocycles. The van der Waals surface area contributed by atoms with E-state index in [-0.39, 0.29) is 24.5 Å². The molecular formula is C28H23FN4O4. The van der Waals surface area contributed by atoms with Gasteiger partial charge in [0.15, 0.2) is 11.5 Å². The van der Waals surface area contributed by atoms with E-state index in [9.17, 15) is 9.18 Å². The molecule has 1 aromatic heterocycles. The fraction of sp³-hybridized carbons (Fsp3) is 0.179. The highest BCUT2D eigenvalue weighted by molar-refractivity contribution is 6.01. The minimum atomic E-state index is -0.624. The lowest BCUT2D eigenvalue weighted by molar-refractivity contribution is 0.174. The van der Waals surface area contributed by atoms with E-state index in [4.69, 9.17) is 14.0 Å². The summed E-state index contributed by atoms with van der Waals surface area (Å²) in [5.41, 5.74) is 5.52. The van der Waals surface area contributed by atoms with Gasteiger partial charge >= 0.3 is 6.03 Å². The van der Waals surface area contributed by atoms with Crippen LogP contribution in [0.3, 0.4) is 0 Å². The second kappa shape index (κ2) is 8.77. The van der Waals surface area contributed by atoms with Crippen molar-refractivity contribution in [3.8, 4) is 22.9 Å². The Morgan fingerprint density at radius 2 is 1.73 bits per heavy atom.